The van der Waals surface area contributed by atoms with E-state index in [0.29, 0.717) is 5.75 Å². The van der Waals surface area contributed by atoms with Crippen LogP contribution < -0.4 is 0 Å². The molecule has 2 heterocycles. The second-order valence-electron chi connectivity index (χ2n) is 8.30. The van der Waals surface area contributed by atoms with Crippen molar-refractivity contribution in [1.29, 1.82) is 0 Å². The first-order valence-corrected chi connectivity index (χ1v) is 12.4. The summed E-state index contributed by atoms with van der Waals surface area (Å²) in [7, 11) is 0. The number of aliphatic hydroxyl groups excluding tert-OH is 1. The van der Waals surface area contributed by atoms with Crippen LogP contribution in [0.2, 0.25) is 0 Å². The molecule has 2 N–H and O–H groups in total. The second kappa shape index (κ2) is 11.0. The summed E-state index contributed by atoms with van der Waals surface area (Å²) in [6, 6.07) is 6.60. The Morgan fingerprint density at radius 3 is 2.43 bits per heavy atom. The van der Waals surface area contributed by atoms with Crippen LogP contribution in [0.25, 0.3) is 0 Å². The van der Waals surface area contributed by atoms with Gasteiger partial charge >= 0.3 is 0 Å². The molecule has 3 unspecified atom stereocenters. The van der Waals surface area contributed by atoms with Crippen molar-refractivity contribution in [3.63, 3.8) is 0 Å². The molecule has 1 fully saturated rings. The Morgan fingerprint density at radius 1 is 1.03 bits per heavy atom. The molecule has 0 spiro atoms. The van der Waals surface area contributed by atoms with Crippen molar-refractivity contribution in [3.8, 4) is 5.75 Å². The Bertz CT molecular complexity index is 733. The van der Waals surface area contributed by atoms with Crippen LogP contribution in [0, 0.1) is 0 Å². The van der Waals surface area contributed by atoms with Crippen LogP contribution in [0.3, 0.4) is 0 Å². The summed E-state index contributed by atoms with van der Waals surface area (Å²) in [6.45, 7) is 4.35. The SMILES string of the molecule is CCCCCCCCC(CCC)OC1=C(O)C2CSC(c3ccc(O)cc3)N2C1=O. The van der Waals surface area contributed by atoms with E-state index in [1.54, 1.807) is 28.8 Å². The third-order valence-corrected chi connectivity index (χ3v) is 7.25. The number of carbonyl (C=O) groups is 1. The number of carbonyl (C=O) groups excluding carboxylic acids is 1. The zero-order chi connectivity index (χ0) is 21.5. The summed E-state index contributed by atoms with van der Waals surface area (Å²) in [5.74, 6) is 0.857. The highest BCUT2D eigenvalue weighted by atomic mass is 32.2. The molecule has 1 saturated heterocycles. The fraction of sp³-hybridized carbons (Fsp3) is 0.625. The Balaban J connectivity index is 1.61. The average Bonchev–Trinajstić information content (AvgIpc) is 3.27. The third-order valence-electron chi connectivity index (χ3n) is 5.93. The minimum absolute atomic E-state index is 0.0259. The first kappa shape index (κ1) is 22.9. The smallest absolute Gasteiger partial charge is 0.294 e. The standard InChI is InChI=1S/C24H35NO4S/c1-3-5-6-7-8-9-11-19(10-4-2)29-22-21(27)20-16-30-24(25(20)23(22)28)17-12-14-18(26)15-13-17/h12-15,19-20,24,26-27H,3-11,16H2,1-2H3. The number of phenolic OH excluding ortho intramolecular Hbond substituents is 1. The molecule has 30 heavy (non-hydrogen) atoms. The van der Waals surface area contributed by atoms with Crippen molar-refractivity contribution in [1.82, 2.24) is 4.90 Å². The monoisotopic (exact) mass is 433 g/mol. The zero-order valence-electron chi connectivity index (χ0n) is 18.2. The number of hydrogen-bond acceptors (Lipinski definition) is 5. The van der Waals surface area contributed by atoms with Crippen molar-refractivity contribution in [2.75, 3.05) is 5.75 Å². The number of nitrogens with zero attached hydrogens (tertiary/aromatic N) is 1. The Hall–Kier alpha value is -1.82. The van der Waals surface area contributed by atoms with Crippen LogP contribution in [-0.2, 0) is 9.53 Å². The lowest BCUT2D eigenvalue weighted by Crippen LogP contribution is -2.33. The predicted molar refractivity (Wildman–Crippen MR) is 121 cm³/mol. The highest BCUT2D eigenvalue weighted by Crippen LogP contribution is 2.47. The van der Waals surface area contributed by atoms with Crippen LogP contribution in [0.5, 0.6) is 5.75 Å². The van der Waals surface area contributed by atoms with Crippen LogP contribution in [-0.4, -0.2) is 38.9 Å². The number of thioether (sulfide) groups is 1. The van der Waals surface area contributed by atoms with E-state index in [1.807, 2.05) is 12.1 Å². The van der Waals surface area contributed by atoms with E-state index in [0.717, 1.165) is 31.2 Å². The van der Waals surface area contributed by atoms with Crippen molar-refractivity contribution in [3.05, 3.63) is 41.3 Å². The maximum absolute atomic E-state index is 13.2. The van der Waals surface area contributed by atoms with Crippen molar-refractivity contribution in [2.45, 2.75) is 89.2 Å². The van der Waals surface area contributed by atoms with E-state index in [1.165, 1.54) is 32.1 Å². The van der Waals surface area contributed by atoms with E-state index < -0.39 is 0 Å². The molecule has 0 bridgehead atoms. The lowest BCUT2D eigenvalue weighted by atomic mass is 10.0. The second-order valence-corrected chi connectivity index (χ2v) is 9.42. The summed E-state index contributed by atoms with van der Waals surface area (Å²) in [5.41, 5.74) is 0.944. The van der Waals surface area contributed by atoms with Gasteiger partial charge in [-0.3, -0.25) is 4.79 Å². The Kier molecular flexibility index (Phi) is 8.37. The zero-order valence-corrected chi connectivity index (χ0v) is 19.0. The number of hydrogen-bond donors (Lipinski definition) is 2. The predicted octanol–water partition coefficient (Wildman–Crippen LogP) is 6.05. The number of phenols is 1. The van der Waals surface area contributed by atoms with Gasteiger partial charge in [-0.1, -0.05) is 64.5 Å². The van der Waals surface area contributed by atoms with Gasteiger partial charge in [-0.05, 0) is 37.0 Å². The van der Waals surface area contributed by atoms with Gasteiger partial charge in [0, 0.05) is 5.75 Å². The van der Waals surface area contributed by atoms with Gasteiger partial charge in [0.1, 0.15) is 17.2 Å². The highest BCUT2D eigenvalue weighted by molar-refractivity contribution is 7.99. The normalized spacial score (nSPS) is 21.9. The first-order valence-electron chi connectivity index (χ1n) is 11.4. The summed E-state index contributed by atoms with van der Waals surface area (Å²) in [5, 5.41) is 20.1. The summed E-state index contributed by atoms with van der Waals surface area (Å²) >= 11 is 1.63. The number of aliphatic hydroxyl groups is 1. The fourth-order valence-electron chi connectivity index (χ4n) is 4.25. The lowest BCUT2D eigenvalue weighted by molar-refractivity contribution is -0.131. The van der Waals surface area contributed by atoms with E-state index in [-0.39, 0.29) is 40.7 Å². The molecule has 3 atom stereocenters. The maximum Gasteiger partial charge on any atom is 0.294 e. The molecule has 0 aliphatic carbocycles. The van der Waals surface area contributed by atoms with Gasteiger partial charge in [0.25, 0.3) is 5.91 Å². The molecule has 6 heteroatoms. The molecule has 166 valence electrons. The molecule has 2 aliphatic heterocycles. The fourth-order valence-corrected chi connectivity index (χ4v) is 5.69. The van der Waals surface area contributed by atoms with Crippen molar-refractivity contribution < 1.29 is 19.7 Å². The van der Waals surface area contributed by atoms with Gasteiger partial charge in [0.2, 0.25) is 5.76 Å². The number of rotatable bonds is 12. The number of ether oxygens (including phenoxy) is 1. The summed E-state index contributed by atoms with van der Waals surface area (Å²) < 4.78 is 6.13. The van der Waals surface area contributed by atoms with Crippen LogP contribution in [0.15, 0.2) is 35.8 Å². The Labute approximate surface area is 184 Å². The molecule has 5 nitrogen and oxygen atoms in total. The highest BCUT2D eigenvalue weighted by Gasteiger charge is 2.49. The molecule has 1 aromatic carbocycles. The molecule has 1 aromatic rings. The van der Waals surface area contributed by atoms with Crippen molar-refractivity contribution in [2.24, 2.45) is 0 Å². The van der Waals surface area contributed by atoms with Gasteiger partial charge in [-0.25, -0.2) is 0 Å². The van der Waals surface area contributed by atoms with Crippen LogP contribution >= 0.6 is 11.8 Å². The largest absolute Gasteiger partial charge is 0.508 e. The Morgan fingerprint density at radius 2 is 1.73 bits per heavy atom. The van der Waals surface area contributed by atoms with Gasteiger partial charge in [-0.15, -0.1) is 11.8 Å². The molecule has 3 rings (SSSR count). The maximum atomic E-state index is 13.2. The van der Waals surface area contributed by atoms with E-state index >= 15 is 0 Å². The van der Waals surface area contributed by atoms with Gasteiger partial charge in [-0.2, -0.15) is 0 Å². The van der Waals surface area contributed by atoms with E-state index in [2.05, 4.69) is 13.8 Å². The number of amides is 1. The molecule has 0 radical (unpaired) electrons. The van der Waals surface area contributed by atoms with E-state index in [4.69, 9.17) is 4.74 Å². The summed E-state index contributed by atoms with van der Waals surface area (Å²) in [4.78, 5) is 14.9. The molecule has 2 aliphatic rings. The van der Waals surface area contributed by atoms with E-state index in [9.17, 15) is 15.0 Å². The molecule has 1 amide bonds. The van der Waals surface area contributed by atoms with Gasteiger partial charge < -0.3 is 19.8 Å². The van der Waals surface area contributed by atoms with Crippen molar-refractivity contribution >= 4 is 17.7 Å². The van der Waals surface area contributed by atoms with Crippen LogP contribution in [0.4, 0.5) is 0 Å². The minimum Gasteiger partial charge on any atom is -0.508 e. The lowest BCUT2D eigenvalue weighted by Gasteiger charge is -2.24. The minimum atomic E-state index is -0.326. The number of fused-ring (bicyclic) bond motifs is 1. The third kappa shape index (κ3) is 5.26. The number of aromatic hydroxyl groups is 1. The molecule has 0 saturated carbocycles. The number of benzene rings is 1. The number of unbranched alkanes of at least 4 members (excludes halogenated alkanes) is 5. The van der Waals surface area contributed by atoms with Gasteiger partial charge in [0.15, 0.2) is 5.76 Å². The quantitative estimate of drug-likeness (QED) is 0.392. The summed E-state index contributed by atoms with van der Waals surface area (Å²) in [6.07, 6.45) is 10.1. The molecular formula is C24H35NO4S. The topological polar surface area (TPSA) is 70.0 Å². The first-order chi connectivity index (χ1) is 14.6. The van der Waals surface area contributed by atoms with Gasteiger partial charge in [0.05, 0.1) is 6.10 Å². The molecular weight excluding hydrogens is 398 g/mol. The van der Waals surface area contributed by atoms with Crippen LogP contribution in [0.1, 0.15) is 82.6 Å². The average molecular weight is 434 g/mol. The molecule has 0 aromatic heterocycles.